The van der Waals surface area contributed by atoms with Crippen molar-refractivity contribution < 1.29 is 19.2 Å². The zero-order valence-electron chi connectivity index (χ0n) is 13.0. The van der Waals surface area contributed by atoms with Gasteiger partial charge in [0.15, 0.2) is 5.69 Å². The third-order valence-corrected chi connectivity index (χ3v) is 3.91. The van der Waals surface area contributed by atoms with Crippen LogP contribution in [0.1, 0.15) is 31.2 Å². The molecule has 0 unspecified atom stereocenters. The van der Waals surface area contributed by atoms with Crippen LogP contribution in [0.4, 0.5) is 0 Å². The number of rotatable bonds is 3. The number of hydroxylamine groups is 2. The molecule has 0 radical (unpaired) electrons. The van der Waals surface area contributed by atoms with Gasteiger partial charge in [-0.15, -0.1) is 5.10 Å². The lowest BCUT2D eigenvalue weighted by atomic mass is 10.1. The van der Waals surface area contributed by atoms with E-state index in [0.29, 0.717) is 15.8 Å². The van der Waals surface area contributed by atoms with Crippen LogP contribution in [0.5, 0.6) is 0 Å². The van der Waals surface area contributed by atoms with Crippen LogP contribution in [0.3, 0.4) is 0 Å². The van der Waals surface area contributed by atoms with Crippen LogP contribution < -0.4 is 0 Å². The Labute approximate surface area is 151 Å². The van der Waals surface area contributed by atoms with E-state index in [1.165, 1.54) is 23.1 Å². The third kappa shape index (κ3) is 2.62. The van der Waals surface area contributed by atoms with Crippen molar-refractivity contribution in [2.75, 3.05) is 0 Å². The van der Waals surface area contributed by atoms with Gasteiger partial charge in [-0.1, -0.05) is 34.9 Å². The summed E-state index contributed by atoms with van der Waals surface area (Å²) in [5, 5.41) is 8.85. The van der Waals surface area contributed by atoms with Crippen molar-refractivity contribution in [1.82, 2.24) is 20.1 Å². The zero-order valence-corrected chi connectivity index (χ0v) is 13.8. The van der Waals surface area contributed by atoms with E-state index >= 15 is 0 Å². The first kappa shape index (κ1) is 16.0. The maximum atomic E-state index is 12.2. The van der Waals surface area contributed by atoms with E-state index in [0.717, 1.165) is 0 Å². The number of hydrogen-bond donors (Lipinski definition) is 0. The molecule has 26 heavy (non-hydrogen) atoms. The highest BCUT2D eigenvalue weighted by molar-refractivity contribution is 6.30. The van der Waals surface area contributed by atoms with Gasteiger partial charge >= 0.3 is 5.97 Å². The van der Waals surface area contributed by atoms with Crippen molar-refractivity contribution >= 4 is 29.4 Å². The van der Waals surface area contributed by atoms with Crippen LogP contribution >= 0.6 is 11.6 Å². The number of carbonyl (C=O) groups is 3. The van der Waals surface area contributed by atoms with E-state index in [4.69, 9.17) is 16.4 Å². The fourth-order valence-corrected chi connectivity index (χ4v) is 2.65. The van der Waals surface area contributed by atoms with Gasteiger partial charge in [0.05, 0.1) is 23.0 Å². The van der Waals surface area contributed by atoms with Gasteiger partial charge in [0, 0.05) is 5.02 Å². The number of aromatic nitrogens is 3. The molecule has 0 atom stereocenters. The Bertz CT molecular complexity index is 1030. The van der Waals surface area contributed by atoms with E-state index in [-0.39, 0.29) is 16.8 Å². The Kier molecular flexibility index (Phi) is 3.74. The first-order valence-corrected chi connectivity index (χ1v) is 7.81. The molecule has 4 rings (SSSR count). The Morgan fingerprint density at radius 3 is 2.35 bits per heavy atom. The number of hydrogen-bond acceptors (Lipinski definition) is 6. The molecule has 1 aromatic heterocycles. The monoisotopic (exact) mass is 368 g/mol. The average Bonchev–Trinajstić information content (AvgIpc) is 3.22. The lowest BCUT2D eigenvalue weighted by Gasteiger charge is -2.11. The molecule has 0 fully saturated rings. The molecule has 2 amide bonds. The molecular weight excluding hydrogens is 360 g/mol. The Balaban J connectivity index is 1.55. The van der Waals surface area contributed by atoms with Crippen molar-refractivity contribution in [3.63, 3.8) is 0 Å². The van der Waals surface area contributed by atoms with Crippen LogP contribution in [-0.4, -0.2) is 37.8 Å². The third-order valence-electron chi connectivity index (χ3n) is 3.67. The summed E-state index contributed by atoms with van der Waals surface area (Å²) in [6, 6.07) is 12.9. The minimum atomic E-state index is -0.979. The van der Waals surface area contributed by atoms with Gasteiger partial charge in [-0.2, -0.15) is 9.90 Å². The summed E-state index contributed by atoms with van der Waals surface area (Å²) in [5.41, 5.74) is 0.722. The molecule has 0 bridgehead atoms. The predicted molar refractivity (Wildman–Crippen MR) is 88.7 cm³/mol. The van der Waals surface area contributed by atoms with Gasteiger partial charge in [-0.05, 0) is 30.3 Å². The van der Waals surface area contributed by atoms with Crippen molar-refractivity contribution in [3.8, 4) is 5.69 Å². The molecule has 0 N–H and O–H groups in total. The highest BCUT2D eigenvalue weighted by Crippen LogP contribution is 2.23. The zero-order chi connectivity index (χ0) is 18.3. The van der Waals surface area contributed by atoms with E-state index in [1.54, 1.807) is 36.4 Å². The molecule has 9 heteroatoms. The van der Waals surface area contributed by atoms with Gasteiger partial charge in [0.2, 0.25) is 0 Å². The molecule has 128 valence electrons. The van der Waals surface area contributed by atoms with Crippen LogP contribution in [-0.2, 0) is 4.84 Å². The molecule has 2 heterocycles. The van der Waals surface area contributed by atoms with Crippen LogP contribution in [0.2, 0.25) is 5.02 Å². The number of carbonyl (C=O) groups excluding carboxylic acids is 3. The summed E-state index contributed by atoms with van der Waals surface area (Å²) in [4.78, 5) is 42.8. The van der Waals surface area contributed by atoms with Crippen molar-refractivity contribution in [1.29, 1.82) is 0 Å². The molecular formula is C17H9ClN4O4. The molecule has 0 saturated heterocycles. The highest BCUT2D eigenvalue weighted by atomic mass is 35.5. The van der Waals surface area contributed by atoms with E-state index < -0.39 is 17.8 Å². The number of benzene rings is 2. The average molecular weight is 369 g/mol. The van der Waals surface area contributed by atoms with Crippen molar-refractivity contribution in [3.05, 3.63) is 76.6 Å². The van der Waals surface area contributed by atoms with Crippen LogP contribution in [0, 0.1) is 0 Å². The molecule has 0 spiro atoms. The molecule has 1 aliphatic rings. The quantitative estimate of drug-likeness (QED) is 0.658. The van der Waals surface area contributed by atoms with Gasteiger partial charge in [0.1, 0.15) is 0 Å². The summed E-state index contributed by atoms with van der Waals surface area (Å²) in [6.45, 7) is 0. The number of fused-ring (bicyclic) bond motifs is 1. The summed E-state index contributed by atoms with van der Waals surface area (Å²) >= 11 is 5.91. The van der Waals surface area contributed by atoms with Gasteiger partial charge in [-0.25, -0.2) is 4.79 Å². The summed E-state index contributed by atoms with van der Waals surface area (Å²) in [5.74, 6) is -2.39. The van der Waals surface area contributed by atoms with Crippen molar-refractivity contribution in [2.45, 2.75) is 0 Å². The smallest absolute Gasteiger partial charge is 0.322 e. The minimum Gasteiger partial charge on any atom is -0.322 e. The summed E-state index contributed by atoms with van der Waals surface area (Å²) in [6.07, 6.45) is 1.17. The van der Waals surface area contributed by atoms with Crippen LogP contribution in [0.15, 0.2) is 54.7 Å². The molecule has 0 aliphatic carbocycles. The fourth-order valence-electron chi connectivity index (χ4n) is 2.46. The fraction of sp³-hybridized carbons (Fsp3) is 0. The standard InChI is InChI=1S/C17H9ClN4O4/c18-10-4-3-5-11(8-10)22-19-9-14(20-22)17(25)26-21-15(23)12-6-1-2-7-13(12)16(21)24/h1-9H. The molecule has 1 aliphatic heterocycles. The van der Waals surface area contributed by atoms with Crippen LogP contribution in [0.25, 0.3) is 5.69 Å². The van der Waals surface area contributed by atoms with E-state index in [1.807, 2.05) is 0 Å². The summed E-state index contributed by atoms with van der Waals surface area (Å²) < 4.78 is 0. The first-order valence-electron chi connectivity index (χ1n) is 7.43. The second-order valence-electron chi connectivity index (χ2n) is 5.33. The maximum Gasteiger partial charge on any atom is 0.385 e. The van der Waals surface area contributed by atoms with E-state index in [9.17, 15) is 14.4 Å². The normalized spacial score (nSPS) is 13.0. The second-order valence-corrected chi connectivity index (χ2v) is 5.76. The van der Waals surface area contributed by atoms with Gasteiger partial charge in [0.25, 0.3) is 11.8 Å². The molecule has 8 nitrogen and oxygen atoms in total. The largest absolute Gasteiger partial charge is 0.385 e. The lowest BCUT2D eigenvalue weighted by molar-refractivity contribution is -0.0588. The molecule has 2 aromatic carbocycles. The van der Waals surface area contributed by atoms with Gasteiger partial charge < -0.3 is 4.84 Å². The lowest BCUT2D eigenvalue weighted by Crippen LogP contribution is -2.32. The van der Waals surface area contributed by atoms with Gasteiger partial charge in [-0.3, -0.25) is 9.59 Å². The maximum absolute atomic E-state index is 12.2. The topological polar surface area (TPSA) is 94.4 Å². The Morgan fingerprint density at radius 2 is 1.69 bits per heavy atom. The number of amides is 2. The van der Waals surface area contributed by atoms with E-state index in [2.05, 4.69) is 10.2 Å². The SMILES string of the molecule is O=C(ON1C(=O)c2ccccc2C1=O)c1cnn(-c2cccc(Cl)c2)n1. The summed E-state index contributed by atoms with van der Waals surface area (Å²) in [7, 11) is 0. The molecule has 3 aromatic rings. The number of imide groups is 1. The Hall–Kier alpha value is -3.52. The first-order chi connectivity index (χ1) is 12.5. The number of halogens is 1. The Morgan fingerprint density at radius 1 is 1.00 bits per heavy atom. The molecule has 0 saturated carbocycles. The second kappa shape index (κ2) is 6.08. The predicted octanol–water partition coefficient (Wildman–Crippen LogP) is 2.29. The minimum absolute atomic E-state index is 0.165. The highest BCUT2D eigenvalue weighted by Gasteiger charge is 2.39. The van der Waals surface area contributed by atoms with Crippen molar-refractivity contribution in [2.24, 2.45) is 0 Å². The number of nitrogens with zero attached hydrogens (tertiary/aromatic N) is 4.